The summed E-state index contributed by atoms with van der Waals surface area (Å²) < 4.78 is 3.29. The Labute approximate surface area is 304 Å². The van der Waals surface area contributed by atoms with Gasteiger partial charge in [0.1, 0.15) is 5.82 Å². The second-order valence-electron chi connectivity index (χ2n) is 12.8. The summed E-state index contributed by atoms with van der Waals surface area (Å²) in [4.78, 5) is 33.2. The van der Waals surface area contributed by atoms with Gasteiger partial charge < -0.3 is 41.6 Å². The lowest BCUT2D eigenvalue weighted by atomic mass is 9.90. The van der Waals surface area contributed by atoms with E-state index in [4.69, 9.17) is 11.5 Å². The first-order valence-electron chi connectivity index (χ1n) is 16.4. The Morgan fingerprint density at radius 2 is 1.71 bits per heavy atom. The average Bonchev–Trinajstić information content (AvgIpc) is 3.52. The Bertz CT molecular complexity index is 1740. The number of carbonyl (C=O) groups excluding carboxylic acids is 1. The molecule has 4 aromatic rings. The number of halogens is 2. The molecule has 0 unspecified atom stereocenters. The number of nitrogen functional groups attached to an aromatic ring is 1. The lowest BCUT2D eigenvalue weighted by molar-refractivity contribution is -0.144. The minimum Gasteiger partial charge on any atom is -0.480 e. The molecule has 13 heteroatoms. The summed E-state index contributed by atoms with van der Waals surface area (Å²) in [6.07, 6.45) is 4.69. The monoisotopic (exact) mass is 794 g/mol. The Balaban J connectivity index is 0.000000229. The van der Waals surface area contributed by atoms with Crippen LogP contribution in [0.4, 0.5) is 16.2 Å². The molecule has 1 aromatic heterocycles. The molecule has 260 valence electrons. The van der Waals surface area contributed by atoms with Crippen LogP contribution in [-0.2, 0) is 29.8 Å². The zero-order valence-electron chi connectivity index (χ0n) is 27.8. The number of benzene rings is 3. The first-order chi connectivity index (χ1) is 23.5. The number of aliphatic carboxylic acids is 1. The normalized spacial score (nSPS) is 16.0. The van der Waals surface area contributed by atoms with Crippen LogP contribution in [0.2, 0.25) is 0 Å². The number of anilines is 2. The van der Waals surface area contributed by atoms with Crippen LogP contribution in [0.5, 0.6) is 0 Å². The van der Waals surface area contributed by atoms with E-state index < -0.39 is 11.5 Å². The fraction of sp³-hybridized carbons (Fsp3) is 0.361. The van der Waals surface area contributed by atoms with Crippen molar-refractivity contribution in [2.75, 3.05) is 44.8 Å². The molecule has 6 rings (SSSR count). The van der Waals surface area contributed by atoms with Crippen molar-refractivity contribution in [3.05, 3.63) is 98.8 Å². The van der Waals surface area contributed by atoms with Crippen LogP contribution in [0.25, 0.3) is 11.3 Å². The van der Waals surface area contributed by atoms with Crippen LogP contribution in [-0.4, -0.2) is 76.2 Å². The van der Waals surface area contributed by atoms with E-state index in [1.807, 2.05) is 72.1 Å². The number of carboxylic acids is 1. The molecule has 3 heterocycles. The summed E-state index contributed by atoms with van der Waals surface area (Å²) >= 11 is 6.85. The zero-order valence-corrected chi connectivity index (χ0v) is 31.0. The van der Waals surface area contributed by atoms with E-state index in [0.717, 1.165) is 67.9 Å². The predicted octanol–water partition coefficient (Wildman–Crippen LogP) is 5.88. The summed E-state index contributed by atoms with van der Waals surface area (Å²) in [5.74, 6) is -0.813. The molecule has 3 aromatic carbocycles. The third-order valence-corrected chi connectivity index (χ3v) is 10.2. The standard InChI is InChI=1S/C23H27Br2N5O2.C13H17N3O/c1-29(2)9-6-10-30-19(16-7-4-3-5-8-16)14-28-21(30)23(27,22(31)32)13-15-11-17(24)20(26)18(25)12-15;17-13-15-12-4-2-1-3-10(12)9-16(13)11-5-7-14-8-6-11/h3-5,7-8,11-12,14H,6,9-10,13,26-27H2,1-2H3,(H,31,32);1-4,11,14H,5-9H2,(H,15,17)/t23-;/m1./s1. The van der Waals surface area contributed by atoms with Gasteiger partial charge >= 0.3 is 12.0 Å². The number of hydrogen-bond acceptors (Lipinski definition) is 7. The molecular weight excluding hydrogens is 752 g/mol. The number of fused-ring (bicyclic) bond motifs is 1. The summed E-state index contributed by atoms with van der Waals surface area (Å²) in [7, 11) is 4.02. The van der Waals surface area contributed by atoms with Crippen LogP contribution in [0, 0.1) is 0 Å². The maximum absolute atomic E-state index is 12.5. The molecule has 0 radical (unpaired) electrons. The highest BCUT2D eigenvalue weighted by Gasteiger charge is 2.41. The lowest BCUT2D eigenvalue weighted by Gasteiger charge is -2.37. The molecule has 11 nitrogen and oxygen atoms in total. The van der Waals surface area contributed by atoms with Crippen molar-refractivity contribution in [3.8, 4) is 11.3 Å². The van der Waals surface area contributed by atoms with Gasteiger partial charge in [-0.2, -0.15) is 0 Å². The molecule has 2 aliphatic rings. The molecule has 7 N–H and O–H groups in total. The number of aromatic nitrogens is 2. The number of rotatable bonds is 10. The van der Waals surface area contributed by atoms with Gasteiger partial charge in [0.15, 0.2) is 5.54 Å². The Hall–Kier alpha value is -3.75. The number of hydrogen-bond donors (Lipinski definition) is 5. The van der Waals surface area contributed by atoms with Crippen LogP contribution in [0.1, 0.15) is 36.2 Å². The molecule has 0 spiro atoms. The van der Waals surface area contributed by atoms with E-state index in [2.05, 4.69) is 58.4 Å². The van der Waals surface area contributed by atoms with Crippen molar-refractivity contribution < 1.29 is 14.7 Å². The van der Waals surface area contributed by atoms with E-state index in [0.29, 0.717) is 33.0 Å². The van der Waals surface area contributed by atoms with Crippen molar-refractivity contribution in [2.45, 2.75) is 50.4 Å². The van der Waals surface area contributed by atoms with Gasteiger partial charge in [-0.05, 0) is 120 Å². The molecule has 2 amide bonds. The molecule has 0 aliphatic carbocycles. The van der Waals surface area contributed by atoms with Crippen LogP contribution in [0.3, 0.4) is 0 Å². The third kappa shape index (κ3) is 8.71. The molecule has 1 atom stereocenters. The average molecular weight is 797 g/mol. The van der Waals surface area contributed by atoms with Crippen molar-refractivity contribution in [3.63, 3.8) is 0 Å². The topological polar surface area (TPSA) is 155 Å². The van der Waals surface area contributed by atoms with Crippen molar-refractivity contribution in [2.24, 2.45) is 5.73 Å². The second kappa shape index (κ2) is 16.3. The number of para-hydroxylation sites is 1. The smallest absolute Gasteiger partial charge is 0.331 e. The highest BCUT2D eigenvalue weighted by Crippen LogP contribution is 2.34. The minimum atomic E-state index is -1.72. The maximum atomic E-state index is 12.5. The fourth-order valence-corrected chi connectivity index (χ4v) is 7.57. The molecule has 2 aliphatic heterocycles. The molecule has 1 fully saturated rings. The molecular formula is C36H44Br2N8O3. The molecule has 0 saturated carbocycles. The number of nitrogens with two attached hydrogens (primary N) is 2. The van der Waals surface area contributed by atoms with Gasteiger partial charge in [-0.3, -0.25) is 0 Å². The summed E-state index contributed by atoms with van der Waals surface area (Å²) in [6, 6.07) is 21.9. The third-order valence-electron chi connectivity index (χ3n) is 8.92. The Morgan fingerprint density at radius 3 is 2.37 bits per heavy atom. The first-order valence-corrected chi connectivity index (χ1v) is 17.9. The number of carboxylic acid groups (broad SMARTS) is 1. The molecule has 1 saturated heterocycles. The van der Waals surface area contributed by atoms with Crippen LogP contribution in [0.15, 0.2) is 81.9 Å². The summed E-state index contributed by atoms with van der Waals surface area (Å²) in [5, 5.41) is 16.5. The van der Waals surface area contributed by atoms with E-state index in [-0.39, 0.29) is 12.5 Å². The number of carbonyl (C=O) groups is 2. The Kier molecular flexibility index (Phi) is 12.2. The van der Waals surface area contributed by atoms with Crippen LogP contribution < -0.4 is 22.1 Å². The van der Waals surface area contributed by atoms with E-state index in [1.165, 1.54) is 5.56 Å². The van der Waals surface area contributed by atoms with Gasteiger partial charge in [-0.1, -0.05) is 48.5 Å². The fourth-order valence-electron chi connectivity index (χ4n) is 6.29. The van der Waals surface area contributed by atoms with Crippen molar-refractivity contribution in [1.29, 1.82) is 0 Å². The van der Waals surface area contributed by atoms with E-state index >= 15 is 0 Å². The summed E-state index contributed by atoms with van der Waals surface area (Å²) in [5.41, 5.74) is 16.1. The van der Waals surface area contributed by atoms with Gasteiger partial charge in [0.2, 0.25) is 0 Å². The van der Waals surface area contributed by atoms with Gasteiger partial charge in [0.25, 0.3) is 0 Å². The summed E-state index contributed by atoms with van der Waals surface area (Å²) in [6.45, 7) is 4.21. The first kappa shape index (κ1) is 36.5. The molecule has 49 heavy (non-hydrogen) atoms. The number of imidazole rings is 1. The molecule has 0 bridgehead atoms. The number of amides is 2. The van der Waals surface area contributed by atoms with Gasteiger partial charge in [-0.25, -0.2) is 14.6 Å². The van der Waals surface area contributed by atoms with Gasteiger partial charge in [0, 0.05) is 40.2 Å². The van der Waals surface area contributed by atoms with Gasteiger partial charge in [-0.15, -0.1) is 0 Å². The van der Waals surface area contributed by atoms with Gasteiger partial charge in [0.05, 0.1) is 17.6 Å². The minimum absolute atomic E-state index is 0.0515. The van der Waals surface area contributed by atoms with E-state index in [1.54, 1.807) is 18.3 Å². The second-order valence-corrected chi connectivity index (χ2v) is 14.5. The number of nitrogens with one attached hydrogen (secondary N) is 2. The SMILES string of the molecule is CN(C)CCCn1c(-c2ccccc2)cnc1[C@](N)(Cc1cc(Br)c(N)c(Br)c1)C(=O)O.O=C1Nc2ccccc2CN1C1CCNCC1. The van der Waals surface area contributed by atoms with Crippen molar-refractivity contribution >= 4 is 55.2 Å². The number of urea groups is 1. The quantitative estimate of drug-likeness (QED) is 0.125. The van der Waals surface area contributed by atoms with E-state index in [9.17, 15) is 14.7 Å². The highest BCUT2D eigenvalue weighted by molar-refractivity contribution is 9.11. The van der Waals surface area contributed by atoms with Crippen molar-refractivity contribution in [1.82, 2.24) is 24.7 Å². The number of piperidine rings is 1. The number of nitrogens with zero attached hydrogens (tertiary/aromatic N) is 4. The Morgan fingerprint density at radius 1 is 1.06 bits per heavy atom. The largest absolute Gasteiger partial charge is 0.480 e. The predicted molar refractivity (Wildman–Crippen MR) is 201 cm³/mol. The maximum Gasteiger partial charge on any atom is 0.331 e. The lowest BCUT2D eigenvalue weighted by Crippen LogP contribution is -2.49. The highest BCUT2D eigenvalue weighted by atomic mass is 79.9. The zero-order chi connectivity index (χ0) is 35.1. The van der Waals surface area contributed by atoms with Crippen LogP contribution >= 0.6 is 31.9 Å².